The van der Waals surface area contributed by atoms with Gasteiger partial charge in [-0.25, -0.2) is 4.98 Å². The van der Waals surface area contributed by atoms with Crippen molar-refractivity contribution in [2.24, 2.45) is 7.05 Å². The quantitative estimate of drug-likeness (QED) is 0.799. The van der Waals surface area contributed by atoms with Crippen molar-refractivity contribution in [2.75, 3.05) is 13.7 Å². The highest BCUT2D eigenvalue weighted by Gasteiger charge is 2.27. The molecule has 0 bridgehead atoms. The molecule has 0 saturated carbocycles. The number of hydrogen-bond donors (Lipinski definition) is 1. The zero-order valence-electron chi connectivity index (χ0n) is 14.5. The molecule has 0 aliphatic carbocycles. The molecule has 1 aromatic carbocycles. The van der Waals surface area contributed by atoms with E-state index in [0.717, 1.165) is 41.7 Å². The summed E-state index contributed by atoms with van der Waals surface area (Å²) in [5.41, 5.74) is 3.91. The van der Waals surface area contributed by atoms with Crippen LogP contribution in [0.4, 0.5) is 0 Å². The predicted molar refractivity (Wildman–Crippen MR) is 97.7 cm³/mol. The van der Waals surface area contributed by atoms with Crippen LogP contribution < -0.4 is 10.1 Å². The molecular weight excluding hydrogens is 314 g/mol. The maximum atomic E-state index is 12.2. The summed E-state index contributed by atoms with van der Waals surface area (Å²) in [4.78, 5) is 16.9. The second-order valence-corrected chi connectivity index (χ2v) is 6.48. The first-order chi connectivity index (χ1) is 12.2. The average molecular weight is 335 g/mol. The molecule has 5 heteroatoms. The minimum absolute atomic E-state index is 0.0596. The second kappa shape index (κ2) is 6.24. The lowest BCUT2D eigenvalue weighted by molar-refractivity contribution is -0.123. The highest BCUT2D eigenvalue weighted by molar-refractivity contribution is 5.86. The first-order valence-corrected chi connectivity index (χ1v) is 8.55. The summed E-state index contributed by atoms with van der Waals surface area (Å²) >= 11 is 0. The fourth-order valence-corrected chi connectivity index (χ4v) is 3.53. The summed E-state index contributed by atoms with van der Waals surface area (Å²) in [7, 11) is 3.64. The Kier molecular flexibility index (Phi) is 3.92. The average Bonchev–Trinajstić information content (AvgIpc) is 3.02. The van der Waals surface area contributed by atoms with Gasteiger partial charge in [0.15, 0.2) is 0 Å². The Morgan fingerprint density at radius 2 is 2.12 bits per heavy atom. The Labute approximate surface area is 146 Å². The Balaban J connectivity index is 1.75. The van der Waals surface area contributed by atoms with Crippen molar-refractivity contribution in [3.05, 3.63) is 48.2 Å². The van der Waals surface area contributed by atoms with Gasteiger partial charge in [0.2, 0.25) is 11.8 Å². The molecule has 3 heterocycles. The van der Waals surface area contributed by atoms with Crippen molar-refractivity contribution in [3.63, 3.8) is 0 Å². The van der Waals surface area contributed by atoms with Crippen LogP contribution in [-0.2, 0) is 11.8 Å². The van der Waals surface area contributed by atoms with E-state index in [9.17, 15) is 4.79 Å². The maximum absolute atomic E-state index is 12.2. The van der Waals surface area contributed by atoms with Crippen LogP contribution in [0.3, 0.4) is 0 Å². The zero-order chi connectivity index (χ0) is 17.4. The van der Waals surface area contributed by atoms with E-state index in [4.69, 9.17) is 4.74 Å². The molecule has 1 N–H and O–H groups in total. The minimum Gasteiger partial charge on any atom is -0.481 e. The SMILES string of the molecule is COc1nc(-c2ccc3ccn(C)c3c2)ccc1C1CCCNC1=O. The summed E-state index contributed by atoms with van der Waals surface area (Å²) < 4.78 is 7.60. The summed E-state index contributed by atoms with van der Waals surface area (Å²) in [6.07, 6.45) is 3.86. The van der Waals surface area contributed by atoms with E-state index in [0.29, 0.717) is 5.88 Å². The summed E-state index contributed by atoms with van der Waals surface area (Å²) in [6.45, 7) is 0.750. The molecule has 1 saturated heterocycles. The number of carbonyl (C=O) groups is 1. The number of aromatic nitrogens is 2. The van der Waals surface area contributed by atoms with Crippen LogP contribution in [0.5, 0.6) is 5.88 Å². The fraction of sp³-hybridized carbons (Fsp3) is 0.300. The standard InChI is InChI=1S/C20H21N3O2/c1-23-11-9-13-5-6-14(12-18(13)23)17-8-7-16(20(22-17)25-2)15-4-3-10-21-19(15)24/h5-9,11-12,15H,3-4,10H2,1-2H3,(H,21,24). The van der Waals surface area contributed by atoms with E-state index < -0.39 is 0 Å². The normalized spacial score (nSPS) is 17.5. The molecule has 128 valence electrons. The van der Waals surface area contributed by atoms with Crippen LogP contribution in [0.1, 0.15) is 24.3 Å². The first kappa shape index (κ1) is 15.7. The van der Waals surface area contributed by atoms with Gasteiger partial charge in [-0.15, -0.1) is 0 Å². The number of fused-ring (bicyclic) bond motifs is 1. The van der Waals surface area contributed by atoms with Crippen molar-refractivity contribution < 1.29 is 9.53 Å². The molecule has 1 fully saturated rings. The molecule has 1 aliphatic heterocycles. The molecule has 1 unspecified atom stereocenters. The zero-order valence-corrected chi connectivity index (χ0v) is 14.5. The Morgan fingerprint density at radius 1 is 1.24 bits per heavy atom. The van der Waals surface area contributed by atoms with Gasteiger partial charge in [-0.2, -0.15) is 0 Å². The number of carbonyl (C=O) groups excluding carboxylic acids is 1. The lowest BCUT2D eigenvalue weighted by atomic mass is 9.91. The van der Waals surface area contributed by atoms with E-state index in [1.165, 1.54) is 5.39 Å². The molecule has 3 aromatic rings. The highest BCUT2D eigenvalue weighted by Crippen LogP contribution is 2.33. The summed E-state index contributed by atoms with van der Waals surface area (Å²) in [6, 6.07) is 12.3. The number of nitrogens with one attached hydrogen (secondary N) is 1. The van der Waals surface area contributed by atoms with Gasteiger partial charge in [-0.3, -0.25) is 4.79 Å². The lowest BCUT2D eigenvalue weighted by Gasteiger charge is -2.23. The summed E-state index contributed by atoms with van der Waals surface area (Å²) in [5, 5.41) is 4.13. The van der Waals surface area contributed by atoms with Crippen molar-refractivity contribution in [1.82, 2.24) is 14.9 Å². The molecule has 4 rings (SSSR count). The number of pyridine rings is 1. The Hall–Kier alpha value is -2.82. The van der Waals surface area contributed by atoms with Crippen molar-refractivity contribution >= 4 is 16.8 Å². The van der Waals surface area contributed by atoms with Crippen molar-refractivity contribution in [3.8, 4) is 17.1 Å². The van der Waals surface area contributed by atoms with Crippen LogP contribution in [-0.4, -0.2) is 29.1 Å². The van der Waals surface area contributed by atoms with Gasteiger partial charge in [0.05, 0.1) is 18.7 Å². The smallest absolute Gasteiger partial charge is 0.227 e. The van der Waals surface area contributed by atoms with Gasteiger partial charge in [-0.05, 0) is 36.4 Å². The van der Waals surface area contributed by atoms with E-state index >= 15 is 0 Å². The van der Waals surface area contributed by atoms with Gasteiger partial charge in [0.25, 0.3) is 0 Å². The third-order valence-electron chi connectivity index (χ3n) is 4.93. The minimum atomic E-state index is -0.180. The van der Waals surface area contributed by atoms with Gasteiger partial charge >= 0.3 is 0 Å². The monoisotopic (exact) mass is 335 g/mol. The van der Waals surface area contributed by atoms with E-state index in [1.807, 2.05) is 25.4 Å². The van der Waals surface area contributed by atoms with E-state index in [-0.39, 0.29) is 11.8 Å². The van der Waals surface area contributed by atoms with Crippen molar-refractivity contribution in [1.29, 1.82) is 0 Å². The largest absolute Gasteiger partial charge is 0.481 e. The number of piperidine rings is 1. The number of methoxy groups -OCH3 is 1. The third kappa shape index (κ3) is 2.76. The number of ether oxygens (including phenoxy) is 1. The third-order valence-corrected chi connectivity index (χ3v) is 4.93. The van der Waals surface area contributed by atoms with Gasteiger partial charge in [-0.1, -0.05) is 18.2 Å². The number of aryl methyl sites for hydroxylation is 1. The Morgan fingerprint density at radius 3 is 2.92 bits per heavy atom. The van der Waals surface area contributed by atoms with E-state index in [1.54, 1.807) is 7.11 Å². The molecule has 5 nitrogen and oxygen atoms in total. The molecule has 25 heavy (non-hydrogen) atoms. The Bertz CT molecular complexity index is 945. The second-order valence-electron chi connectivity index (χ2n) is 6.48. The summed E-state index contributed by atoms with van der Waals surface area (Å²) in [5.74, 6) is 0.413. The molecule has 1 atom stereocenters. The van der Waals surface area contributed by atoms with Crippen LogP contribution in [0.15, 0.2) is 42.6 Å². The number of benzene rings is 1. The molecule has 0 spiro atoms. The number of hydrogen-bond acceptors (Lipinski definition) is 3. The number of rotatable bonds is 3. The number of amides is 1. The van der Waals surface area contributed by atoms with Gasteiger partial charge < -0.3 is 14.6 Å². The highest BCUT2D eigenvalue weighted by atomic mass is 16.5. The fourth-order valence-electron chi connectivity index (χ4n) is 3.53. The van der Waals surface area contributed by atoms with Crippen LogP contribution >= 0.6 is 0 Å². The molecular formula is C20H21N3O2. The van der Waals surface area contributed by atoms with Crippen molar-refractivity contribution in [2.45, 2.75) is 18.8 Å². The lowest BCUT2D eigenvalue weighted by Crippen LogP contribution is -2.35. The molecule has 1 aliphatic rings. The topological polar surface area (TPSA) is 56.1 Å². The molecule has 0 radical (unpaired) electrons. The molecule has 1 amide bonds. The van der Waals surface area contributed by atoms with Crippen LogP contribution in [0.25, 0.3) is 22.2 Å². The first-order valence-electron chi connectivity index (χ1n) is 8.55. The van der Waals surface area contributed by atoms with Crippen LogP contribution in [0, 0.1) is 0 Å². The van der Waals surface area contributed by atoms with Gasteiger partial charge in [0.1, 0.15) is 0 Å². The number of nitrogens with zero attached hydrogens (tertiary/aromatic N) is 2. The van der Waals surface area contributed by atoms with Gasteiger partial charge in [0, 0.05) is 36.4 Å². The van der Waals surface area contributed by atoms with E-state index in [2.05, 4.69) is 39.1 Å². The molecule has 2 aromatic heterocycles. The van der Waals surface area contributed by atoms with Crippen LogP contribution in [0.2, 0.25) is 0 Å². The predicted octanol–water partition coefficient (Wildman–Crippen LogP) is 3.24. The maximum Gasteiger partial charge on any atom is 0.227 e.